The summed E-state index contributed by atoms with van der Waals surface area (Å²) in [7, 11) is 1.88. The van der Waals surface area contributed by atoms with Gasteiger partial charge in [0, 0.05) is 37.1 Å². The summed E-state index contributed by atoms with van der Waals surface area (Å²) in [6, 6.07) is 1.10. The Labute approximate surface area is 145 Å². The summed E-state index contributed by atoms with van der Waals surface area (Å²) in [4.78, 5) is 4.44. The van der Waals surface area contributed by atoms with Gasteiger partial charge in [-0.3, -0.25) is 4.99 Å². The number of hydrogen-bond donors (Lipinski definition) is 2. The Morgan fingerprint density at radius 2 is 1.81 bits per heavy atom. The van der Waals surface area contributed by atoms with E-state index in [0.717, 1.165) is 12.6 Å². The van der Waals surface area contributed by atoms with Crippen molar-refractivity contribution < 1.29 is 4.74 Å². The van der Waals surface area contributed by atoms with Crippen LogP contribution in [0.25, 0.3) is 0 Å². The quantitative estimate of drug-likeness (QED) is 0.421. The van der Waals surface area contributed by atoms with Crippen LogP contribution in [0.5, 0.6) is 0 Å². The van der Waals surface area contributed by atoms with Crippen LogP contribution >= 0.6 is 24.0 Å². The number of rotatable bonds is 2. The van der Waals surface area contributed by atoms with E-state index in [9.17, 15) is 0 Å². The Hall–Kier alpha value is -0.0400. The molecule has 0 aromatic carbocycles. The number of ether oxygens (including phenoxy) is 1. The highest BCUT2D eigenvalue weighted by Crippen LogP contribution is 2.52. The Bertz CT molecular complexity index is 380. The molecule has 1 saturated heterocycles. The number of hydrogen-bond acceptors (Lipinski definition) is 2. The Morgan fingerprint density at radius 3 is 2.48 bits per heavy atom. The summed E-state index contributed by atoms with van der Waals surface area (Å²) in [6.07, 6.45) is 8.28. The van der Waals surface area contributed by atoms with E-state index in [1.807, 2.05) is 7.05 Å². The van der Waals surface area contributed by atoms with Crippen LogP contribution in [0.4, 0.5) is 0 Å². The third-order valence-corrected chi connectivity index (χ3v) is 5.56. The van der Waals surface area contributed by atoms with Crippen LogP contribution in [0.15, 0.2) is 4.99 Å². The van der Waals surface area contributed by atoms with Crippen molar-refractivity contribution in [2.24, 2.45) is 16.3 Å². The molecule has 0 radical (unpaired) electrons. The normalized spacial score (nSPS) is 35.4. The highest BCUT2D eigenvalue weighted by Gasteiger charge is 2.59. The first-order valence-corrected chi connectivity index (χ1v) is 8.24. The van der Waals surface area contributed by atoms with Crippen LogP contribution in [0, 0.1) is 11.3 Å². The lowest BCUT2D eigenvalue weighted by molar-refractivity contribution is -0.106. The van der Waals surface area contributed by atoms with E-state index in [2.05, 4.69) is 29.5 Å². The smallest absolute Gasteiger partial charge is 0.191 e. The molecule has 0 amide bonds. The molecular formula is C16H30IN3O. The summed E-state index contributed by atoms with van der Waals surface area (Å²) in [5.74, 6) is 1.65. The van der Waals surface area contributed by atoms with Crippen LogP contribution < -0.4 is 10.6 Å². The fourth-order valence-electron chi connectivity index (χ4n) is 4.38. The number of halogens is 1. The van der Waals surface area contributed by atoms with Gasteiger partial charge in [-0.25, -0.2) is 0 Å². The lowest BCUT2D eigenvalue weighted by atomic mass is 9.57. The van der Waals surface area contributed by atoms with Gasteiger partial charge >= 0.3 is 0 Å². The number of guanidine groups is 1. The summed E-state index contributed by atoms with van der Waals surface area (Å²) in [6.45, 7) is 5.54. The highest BCUT2D eigenvalue weighted by atomic mass is 127. The van der Waals surface area contributed by atoms with Gasteiger partial charge in [-0.15, -0.1) is 24.0 Å². The van der Waals surface area contributed by atoms with Crippen molar-refractivity contribution in [3.63, 3.8) is 0 Å². The van der Waals surface area contributed by atoms with Crippen molar-refractivity contribution in [1.82, 2.24) is 10.6 Å². The van der Waals surface area contributed by atoms with Gasteiger partial charge in [-0.1, -0.05) is 33.1 Å². The van der Waals surface area contributed by atoms with E-state index in [4.69, 9.17) is 4.74 Å². The van der Waals surface area contributed by atoms with Crippen molar-refractivity contribution in [2.75, 3.05) is 13.7 Å². The maximum atomic E-state index is 5.86. The average molecular weight is 407 g/mol. The first-order valence-electron chi connectivity index (χ1n) is 8.24. The summed E-state index contributed by atoms with van der Waals surface area (Å²) in [5.41, 5.74) is 0.214. The van der Waals surface area contributed by atoms with Crippen LogP contribution in [0.1, 0.15) is 52.4 Å². The SMILES string of the molecule is CN=C(NC1CCCCC1)NC1C2CCOC2C1(C)C.I. The zero-order valence-corrected chi connectivity index (χ0v) is 15.9. The zero-order chi connectivity index (χ0) is 14.2. The average Bonchev–Trinajstić information content (AvgIpc) is 2.91. The van der Waals surface area contributed by atoms with Gasteiger partial charge in [0.05, 0.1) is 6.10 Å². The van der Waals surface area contributed by atoms with E-state index in [1.54, 1.807) is 0 Å². The molecule has 0 spiro atoms. The molecule has 122 valence electrons. The second-order valence-electron chi connectivity index (χ2n) is 7.24. The second kappa shape index (κ2) is 7.02. The van der Waals surface area contributed by atoms with E-state index in [1.165, 1.54) is 38.5 Å². The molecule has 3 atom stereocenters. The van der Waals surface area contributed by atoms with Crippen LogP contribution in [-0.4, -0.2) is 37.8 Å². The van der Waals surface area contributed by atoms with Gasteiger partial charge in [0.25, 0.3) is 0 Å². The lowest BCUT2D eigenvalue weighted by Crippen LogP contribution is -2.68. The number of fused-ring (bicyclic) bond motifs is 1. The minimum absolute atomic E-state index is 0. The third-order valence-electron chi connectivity index (χ3n) is 5.56. The minimum atomic E-state index is 0. The molecule has 2 N–H and O–H groups in total. The molecule has 2 aliphatic carbocycles. The molecule has 3 fully saturated rings. The van der Waals surface area contributed by atoms with Gasteiger partial charge in [0.2, 0.25) is 0 Å². The summed E-state index contributed by atoms with van der Waals surface area (Å²) >= 11 is 0. The highest BCUT2D eigenvalue weighted by molar-refractivity contribution is 14.0. The van der Waals surface area contributed by atoms with Crippen molar-refractivity contribution in [3.05, 3.63) is 0 Å². The van der Waals surface area contributed by atoms with Gasteiger partial charge in [-0.2, -0.15) is 0 Å². The molecule has 3 unspecified atom stereocenters. The molecule has 4 nitrogen and oxygen atoms in total. The predicted molar refractivity (Wildman–Crippen MR) is 97.3 cm³/mol. The van der Waals surface area contributed by atoms with E-state index in [0.29, 0.717) is 24.1 Å². The van der Waals surface area contributed by atoms with Gasteiger partial charge in [0.1, 0.15) is 0 Å². The predicted octanol–water partition coefficient (Wildman–Crippen LogP) is 2.92. The van der Waals surface area contributed by atoms with Crippen molar-refractivity contribution >= 4 is 29.9 Å². The molecule has 3 aliphatic rings. The molecule has 21 heavy (non-hydrogen) atoms. The molecule has 1 aliphatic heterocycles. The van der Waals surface area contributed by atoms with Crippen molar-refractivity contribution in [3.8, 4) is 0 Å². The first-order chi connectivity index (χ1) is 9.63. The van der Waals surface area contributed by atoms with Crippen LogP contribution in [0.3, 0.4) is 0 Å². The largest absolute Gasteiger partial charge is 0.377 e. The maximum Gasteiger partial charge on any atom is 0.191 e. The van der Waals surface area contributed by atoms with E-state index < -0.39 is 0 Å². The standard InChI is InChI=1S/C16H29N3O.HI/c1-16(2)13(12-9-10-20-14(12)16)19-15(17-3)18-11-7-5-4-6-8-11;/h11-14H,4-10H2,1-3H3,(H2,17,18,19);1H. The molecule has 2 saturated carbocycles. The van der Waals surface area contributed by atoms with Crippen molar-refractivity contribution in [1.29, 1.82) is 0 Å². The molecule has 0 aromatic heterocycles. The molecule has 0 bridgehead atoms. The molecule has 0 aromatic rings. The summed E-state index contributed by atoms with van der Waals surface area (Å²) < 4.78 is 5.86. The van der Waals surface area contributed by atoms with E-state index in [-0.39, 0.29) is 29.4 Å². The topological polar surface area (TPSA) is 45.7 Å². The molecule has 1 heterocycles. The number of nitrogens with one attached hydrogen (secondary N) is 2. The minimum Gasteiger partial charge on any atom is -0.377 e. The van der Waals surface area contributed by atoms with Crippen molar-refractivity contribution in [2.45, 2.75) is 70.6 Å². The molecule has 5 heteroatoms. The fourth-order valence-corrected chi connectivity index (χ4v) is 4.38. The van der Waals surface area contributed by atoms with Crippen LogP contribution in [0.2, 0.25) is 0 Å². The number of nitrogens with zero attached hydrogens (tertiary/aromatic N) is 1. The summed E-state index contributed by atoms with van der Waals surface area (Å²) in [5, 5.41) is 7.29. The Balaban J connectivity index is 0.00000161. The fraction of sp³-hybridized carbons (Fsp3) is 0.938. The number of aliphatic imine (C=N–C) groups is 1. The zero-order valence-electron chi connectivity index (χ0n) is 13.5. The third kappa shape index (κ3) is 3.33. The van der Waals surface area contributed by atoms with Gasteiger partial charge in [-0.05, 0) is 19.3 Å². The second-order valence-corrected chi connectivity index (χ2v) is 7.24. The van der Waals surface area contributed by atoms with Gasteiger partial charge < -0.3 is 15.4 Å². The first kappa shape index (κ1) is 17.3. The Morgan fingerprint density at radius 1 is 1.10 bits per heavy atom. The molecular weight excluding hydrogens is 377 g/mol. The van der Waals surface area contributed by atoms with Crippen LogP contribution in [-0.2, 0) is 4.74 Å². The lowest BCUT2D eigenvalue weighted by Gasteiger charge is -2.55. The Kier molecular flexibility index (Phi) is 5.79. The van der Waals surface area contributed by atoms with E-state index >= 15 is 0 Å². The van der Waals surface area contributed by atoms with Gasteiger partial charge in [0.15, 0.2) is 5.96 Å². The maximum absolute atomic E-state index is 5.86. The monoisotopic (exact) mass is 407 g/mol. The molecule has 3 rings (SSSR count).